The van der Waals surface area contributed by atoms with Crippen LogP contribution in [0.25, 0.3) is 22.3 Å². The fraction of sp³-hybridized carbons (Fsp3) is 0.136. The monoisotopic (exact) mass is 403 g/mol. The summed E-state index contributed by atoms with van der Waals surface area (Å²) in [5, 5.41) is 13.5. The van der Waals surface area contributed by atoms with Crippen molar-refractivity contribution in [1.29, 1.82) is 0 Å². The van der Waals surface area contributed by atoms with Crippen LogP contribution in [0, 0.1) is 0 Å². The third-order valence-electron chi connectivity index (χ3n) is 4.79. The molecule has 0 saturated carbocycles. The zero-order valence-corrected chi connectivity index (χ0v) is 16.6. The summed E-state index contributed by atoms with van der Waals surface area (Å²) in [6, 6.07) is 18.4. The molecule has 0 fully saturated rings. The number of nitrogens with zero attached hydrogens (tertiary/aromatic N) is 4. The average molecular weight is 403 g/mol. The highest BCUT2D eigenvalue weighted by molar-refractivity contribution is 5.96. The predicted molar refractivity (Wildman–Crippen MR) is 114 cm³/mol. The smallest absolute Gasteiger partial charge is 0.272 e. The normalized spacial score (nSPS) is 10.8. The molecule has 0 saturated heterocycles. The third kappa shape index (κ3) is 3.56. The summed E-state index contributed by atoms with van der Waals surface area (Å²) in [7, 11) is 3.10. The number of aromatic amines is 1. The first-order chi connectivity index (χ1) is 14.6. The molecule has 0 radical (unpaired) electrons. The number of hydrogen-bond donors (Lipinski definition) is 2. The Kier molecular flexibility index (Phi) is 5.32. The lowest BCUT2D eigenvalue weighted by atomic mass is 10.1. The molecule has 2 N–H and O–H groups in total. The van der Waals surface area contributed by atoms with Gasteiger partial charge in [-0.3, -0.25) is 4.79 Å². The maximum atomic E-state index is 13.0. The highest BCUT2D eigenvalue weighted by Gasteiger charge is 2.23. The fourth-order valence-corrected chi connectivity index (χ4v) is 3.21. The number of aromatic nitrogens is 3. The molecule has 1 amide bonds. The summed E-state index contributed by atoms with van der Waals surface area (Å²) >= 11 is 0. The van der Waals surface area contributed by atoms with Crippen LogP contribution in [0.4, 0.5) is 5.95 Å². The fourth-order valence-electron chi connectivity index (χ4n) is 3.21. The van der Waals surface area contributed by atoms with Gasteiger partial charge in [-0.15, -0.1) is 0 Å². The van der Waals surface area contributed by atoms with Gasteiger partial charge in [0.2, 0.25) is 5.95 Å². The number of rotatable bonds is 6. The van der Waals surface area contributed by atoms with Crippen LogP contribution in [0.2, 0.25) is 0 Å². The minimum absolute atomic E-state index is 0.199. The van der Waals surface area contributed by atoms with Crippen molar-refractivity contribution in [2.45, 2.75) is 0 Å². The molecule has 8 nitrogen and oxygen atoms in total. The van der Waals surface area contributed by atoms with E-state index in [1.54, 1.807) is 37.5 Å². The topological polar surface area (TPSA) is 94.6 Å². The molecule has 0 bridgehead atoms. The largest absolute Gasteiger partial charge is 0.497 e. The van der Waals surface area contributed by atoms with Crippen LogP contribution in [0.15, 0.2) is 66.9 Å². The second kappa shape index (κ2) is 8.22. The number of benzene rings is 2. The Hall–Kier alpha value is -3.91. The average Bonchev–Trinajstić information content (AvgIpc) is 3.28. The number of ether oxygens (including phenoxy) is 1. The molecule has 0 aliphatic carbocycles. The SMILES string of the molecule is COc1cccc(C(=O)N(C)N(CO)c2nc(-c3ccccc3)c3cc[nH]c3n2)c1. The minimum atomic E-state index is -0.480. The van der Waals surface area contributed by atoms with Gasteiger partial charge < -0.3 is 14.8 Å². The summed E-state index contributed by atoms with van der Waals surface area (Å²) in [6.45, 7) is -0.480. The van der Waals surface area contributed by atoms with E-state index >= 15 is 0 Å². The molecule has 2 aromatic heterocycles. The molecular weight excluding hydrogens is 382 g/mol. The Labute approximate surface area is 173 Å². The number of nitrogens with one attached hydrogen (secondary N) is 1. The van der Waals surface area contributed by atoms with Gasteiger partial charge in [-0.25, -0.2) is 15.0 Å². The maximum Gasteiger partial charge on any atom is 0.272 e. The zero-order chi connectivity index (χ0) is 21.1. The second-order valence-corrected chi connectivity index (χ2v) is 6.58. The van der Waals surface area contributed by atoms with Gasteiger partial charge in [0.05, 0.1) is 12.8 Å². The van der Waals surface area contributed by atoms with Crippen molar-refractivity contribution < 1.29 is 14.6 Å². The van der Waals surface area contributed by atoms with Gasteiger partial charge in [0.1, 0.15) is 18.1 Å². The molecule has 0 unspecified atom stereocenters. The number of amides is 1. The number of H-pyrrole nitrogens is 1. The summed E-state index contributed by atoms with van der Waals surface area (Å²) in [4.78, 5) is 25.3. The van der Waals surface area contributed by atoms with Crippen LogP contribution in [0.5, 0.6) is 5.75 Å². The Balaban J connectivity index is 1.75. The molecule has 30 heavy (non-hydrogen) atoms. The lowest BCUT2D eigenvalue weighted by Gasteiger charge is -2.30. The standard InChI is InChI=1S/C22H21N5O3/c1-26(21(29)16-9-6-10-17(13-16)30-2)27(14-28)22-24-19(15-7-4-3-5-8-15)18-11-12-23-20(18)25-22/h3-13,28H,14H2,1-2H3,(H,23,24,25). The first-order valence-corrected chi connectivity index (χ1v) is 9.33. The van der Waals surface area contributed by atoms with Gasteiger partial charge in [0, 0.05) is 29.8 Å². The van der Waals surface area contributed by atoms with Crippen LogP contribution >= 0.6 is 0 Å². The van der Waals surface area contributed by atoms with Crippen molar-refractivity contribution in [1.82, 2.24) is 20.0 Å². The third-order valence-corrected chi connectivity index (χ3v) is 4.79. The number of aliphatic hydroxyl groups excluding tert-OH is 1. The van der Waals surface area contributed by atoms with Crippen molar-refractivity contribution >= 4 is 22.9 Å². The summed E-state index contributed by atoms with van der Waals surface area (Å²) in [5.74, 6) is 0.435. The molecule has 2 heterocycles. The van der Waals surface area contributed by atoms with E-state index < -0.39 is 6.73 Å². The zero-order valence-electron chi connectivity index (χ0n) is 16.6. The lowest BCUT2D eigenvalue weighted by molar-refractivity contribution is 0.0729. The first-order valence-electron chi connectivity index (χ1n) is 9.33. The number of anilines is 1. The van der Waals surface area contributed by atoms with E-state index in [-0.39, 0.29) is 11.9 Å². The summed E-state index contributed by atoms with van der Waals surface area (Å²) in [5.41, 5.74) is 2.64. The van der Waals surface area contributed by atoms with Gasteiger partial charge in [-0.05, 0) is 24.3 Å². The lowest BCUT2D eigenvalue weighted by Crippen LogP contribution is -2.45. The number of aliphatic hydroxyl groups is 1. The molecule has 0 aliphatic heterocycles. The van der Waals surface area contributed by atoms with Crippen LogP contribution in [0.1, 0.15) is 10.4 Å². The quantitative estimate of drug-likeness (QED) is 0.380. The molecule has 152 valence electrons. The van der Waals surface area contributed by atoms with Crippen molar-refractivity contribution in [2.24, 2.45) is 0 Å². The van der Waals surface area contributed by atoms with Crippen LogP contribution in [-0.4, -0.2) is 51.9 Å². The van der Waals surface area contributed by atoms with Crippen LogP contribution < -0.4 is 9.75 Å². The van der Waals surface area contributed by atoms with Gasteiger partial charge in [0.25, 0.3) is 5.91 Å². The van der Waals surface area contributed by atoms with Crippen molar-refractivity contribution in [2.75, 3.05) is 25.9 Å². The number of hydrazine groups is 1. The van der Waals surface area contributed by atoms with Crippen LogP contribution in [-0.2, 0) is 0 Å². The Bertz CT molecular complexity index is 1180. The van der Waals surface area contributed by atoms with E-state index in [1.807, 2.05) is 36.4 Å². The molecule has 0 aliphatic rings. The highest BCUT2D eigenvalue weighted by atomic mass is 16.5. The second-order valence-electron chi connectivity index (χ2n) is 6.58. The number of carbonyl (C=O) groups is 1. The highest BCUT2D eigenvalue weighted by Crippen LogP contribution is 2.28. The van der Waals surface area contributed by atoms with E-state index in [1.165, 1.54) is 17.1 Å². The number of carbonyl (C=O) groups excluding carboxylic acids is 1. The molecule has 8 heteroatoms. The van der Waals surface area contributed by atoms with Crippen molar-refractivity contribution in [3.8, 4) is 17.0 Å². The number of fused-ring (bicyclic) bond motifs is 1. The Morgan fingerprint density at radius 3 is 2.63 bits per heavy atom. The summed E-state index contributed by atoms with van der Waals surface area (Å²) in [6.07, 6.45) is 1.78. The molecule has 4 rings (SSSR count). The number of methoxy groups -OCH3 is 1. The van der Waals surface area contributed by atoms with Crippen molar-refractivity contribution in [3.05, 3.63) is 72.4 Å². The van der Waals surface area contributed by atoms with E-state index in [9.17, 15) is 9.90 Å². The van der Waals surface area contributed by atoms with E-state index in [4.69, 9.17) is 4.74 Å². The van der Waals surface area contributed by atoms with E-state index in [2.05, 4.69) is 15.0 Å². The minimum Gasteiger partial charge on any atom is -0.497 e. The molecule has 0 atom stereocenters. The Morgan fingerprint density at radius 2 is 1.90 bits per heavy atom. The van der Waals surface area contributed by atoms with Crippen molar-refractivity contribution in [3.63, 3.8) is 0 Å². The predicted octanol–water partition coefficient (Wildman–Crippen LogP) is 3.08. The first kappa shape index (κ1) is 19.4. The maximum absolute atomic E-state index is 13.0. The molecular formula is C22H21N5O3. The van der Waals surface area contributed by atoms with Gasteiger partial charge in [-0.1, -0.05) is 36.4 Å². The molecule has 4 aromatic rings. The summed E-state index contributed by atoms with van der Waals surface area (Å²) < 4.78 is 5.20. The number of hydrogen-bond acceptors (Lipinski definition) is 6. The van der Waals surface area contributed by atoms with Gasteiger partial charge in [0.15, 0.2) is 0 Å². The molecule has 2 aromatic carbocycles. The van der Waals surface area contributed by atoms with Crippen LogP contribution in [0.3, 0.4) is 0 Å². The Morgan fingerprint density at radius 1 is 1.10 bits per heavy atom. The van der Waals surface area contributed by atoms with E-state index in [0.717, 1.165) is 10.9 Å². The van der Waals surface area contributed by atoms with Gasteiger partial charge in [-0.2, -0.15) is 4.98 Å². The molecule has 0 spiro atoms. The van der Waals surface area contributed by atoms with Gasteiger partial charge >= 0.3 is 0 Å². The van der Waals surface area contributed by atoms with E-state index in [0.29, 0.717) is 22.7 Å².